The Kier molecular flexibility index (Phi) is 4.74. The Bertz CT molecular complexity index is 316. The van der Waals surface area contributed by atoms with E-state index in [1.165, 1.54) is 0 Å². The van der Waals surface area contributed by atoms with Crippen molar-refractivity contribution in [2.75, 3.05) is 33.7 Å². The van der Waals surface area contributed by atoms with E-state index in [9.17, 15) is 9.59 Å². The van der Waals surface area contributed by atoms with Crippen molar-refractivity contribution in [3.63, 3.8) is 0 Å². The molecule has 3 N–H and O–H groups in total. The standard InChI is InChI=1S/C10H19N5O2/c1-14(2)10(11)12-5-9(17)13-8-3-4-15(6-8)7-16/h7-8H,3-6H2,1-2H3,(H2,11,12)(H,13,17). The first-order chi connectivity index (χ1) is 8.02. The minimum absolute atomic E-state index is 0.0155. The van der Waals surface area contributed by atoms with Crippen LogP contribution < -0.4 is 11.1 Å². The van der Waals surface area contributed by atoms with Crippen molar-refractivity contribution < 1.29 is 9.59 Å². The highest BCUT2D eigenvalue weighted by atomic mass is 16.2. The predicted octanol–water partition coefficient (Wildman–Crippen LogP) is -1.79. The summed E-state index contributed by atoms with van der Waals surface area (Å²) >= 11 is 0. The largest absolute Gasteiger partial charge is 0.370 e. The van der Waals surface area contributed by atoms with E-state index in [0.29, 0.717) is 19.0 Å². The summed E-state index contributed by atoms with van der Waals surface area (Å²) in [4.78, 5) is 29.2. The number of hydrogen-bond acceptors (Lipinski definition) is 3. The number of likely N-dealkylation sites (tertiary alicyclic amines) is 1. The zero-order chi connectivity index (χ0) is 12.8. The molecule has 2 amide bonds. The van der Waals surface area contributed by atoms with Gasteiger partial charge in [-0.15, -0.1) is 0 Å². The first-order valence-electron chi connectivity index (χ1n) is 5.49. The molecule has 0 bridgehead atoms. The highest BCUT2D eigenvalue weighted by Crippen LogP contribution is 2.05. The minimum atomic E-state index is -0.174. The number of hydrogen-bond donors (Lipinski definition) is 2. The molecule has 0 aromatic rings. The van der Waals surface area contributed by atoms with E-state index in [1.54, 1.807) is 23.9 Å². The molecule has 0 aromatic carbocycles. The van der Waals surface area contributed by atoms with E-state index in [1.807, 2.05) is 0 Å². The molecule has 1 aliphatic heterocycles. The lowest BCUT2D eigenvalue weighted by Gasteiger charge is -2.13. The van der Waals surface area contributed by atoms with Crippen LogP contribution in [0.25, 0.3) is 0 Å². The molecule has 0 saturated carbocycles. The Hall–Kier alpha value is -1.79. The number of aliphatic imine (C=N–C) groups is 1. The molecule has 0 spiro atoms. The van der Waals surface area contributed by atoms with Crippen molar-refractivity contribution in [3.05, 3.63) is 0 Å². The monoisotopic (exact) mass is 241 g/mol. The maximum absolute atomic E-state index is 11.5. The molecular formula is C10H19N5O2. The summed E-state index contributed by atoms with van der Waals surface area (Å²) in [6, 6.07) is 0.0310. The Morgan fingerprint density at radius 3 is 2.88 bits per heavy atom. The topological polar surface area (TPSA) is 91.0 Å². The minimum Gasteiger partial charge on any atom is -0.370 e. The third-order valence-electron chi connectivity index (χ3n) is 2.58. The summed E-state index contributed by atoms with van der Waals surface area (Å²) in [5.41, 5.74) is 5.56. The lowest BCUT2D eigenvalue weighted by Crippen LogP contribution is -2.39. The second-order valence-electron chi connectivity index (χ2n) is 4.22. The van der Waals surface area contributed by atoms with Crippen LogP contribution in [0.15, 0.2) is 4.99 Å². The van der Waals surface area contributed by atoms with Crippen LogP contribution in [0.1, 0.15) is 6.42 Å². The molecule has 1 heterocycles. The summed E-state index contributed by atoms with van der Waals surface area (Å²) in [5.74, 6) is 0.147. The fourth-order valence-electron chi connectivity index (χ4n) is 1.57. The molecule has 0 aliphatic carbocycles. The molecule has 1 saturated heterocycles. The van der Waals surface area contributed by atoms with Gasteiger partial charge in [0.25, 0.3) is 0 Å². The molecule has 7 nitrogen and oxygen atoms in total. The number of amides is 2. The summed E-state index contributed by atoms with van der Waals surface area (Å²) in [6.07, 6.45) is 1.59. The lowest BCUT2D eigenvalue weighted by atomic mass is 10.2. The number of carbonyl (C=O) groups is 2. The molecule has 0 aromatic heterocycles. The Morgan fingerprint density at radius 1 is 1.65 bits per heavy atom. The van der Waals surface area contributed by atoms with Crippen molar-refractivity contribution in [3.8, 4) is 0 Å². The quantitative estimate of drug-likeness (QED) is 0.345. The Morgan fingerprint density at radius 2 is 2.35 bits per heavy atom. The van der Waals surface area contributed by atoms with Crippen molar-refractivity contribution in [1.82, 2.24) is 15.1 Å². The Labute approximate surface area is 101 Å². The SMILES string of the molecule is CN(C)C(N)=NCC(=O)NC1CCN(C=O)C1. The van der Waals surface area contributed by atoms with Crippen molar-refractivity contribution in [2.45, 2.75) is 12.5 Å². The zero-order valence-electron chi connectivity index (χ0n) is 10.2. The van der Waals surface area contributed by atoms with Gasteiger partial charge in [0.05, 0.1) is 0 Å². The second kappa shape index (κ2) is 6.07. The first kappa shape index (κ1) is 13.3. The number of nitrogens with zero attached hydrogens (tertiary/aromatic N) is 3. The molecule has 1 unspecified atom stereocenters. The van der Waals surface area contributed by atoms with Crippen LogP contribution >= 0.6 is 0 Å². The maximum atomic E-state index is 11.5. The van der Waals surface area contributed by atoms with E-state index >= 15 is 0 Å². The average Bonchev–Trinajstić information content (AvgIpc) is 2.73. The highest BCUT2D eigenvalue weighted by Gasteiger charge is 2.22. The number of nitrogens with two attached hydrogens (primary N) is 1. The molecular weight excluding hydrogens is 222 g/mol. The van der Waals surface area contributed by atoms with Crippen molar-refractivity contribution in [1.29, 1.82) is 0 Å². The van der Waals surface area contributed by atoms with Gasteiger partial charge in [0.2, 0.25) is 12.3 Å². The third-order valence-corrected chi connectivity index (χ3v) is 2.58. The van der Waals surface area contributed by atoms with Crippen LogP contribution in [-0.2, 0) is 9.59 Å². The number of nitrogens with one attached hydrogen (secondary N) is 1. The Balaban J connectivity index is 2.31. The number of rotatable bonds is 4. The van der Waals surface area contributed by atoms with E-state index in [4.69, 9.17) is 5.73 Å². The summed E-state index contributed by atoms with van der Waals surface area (Å²) in [7, 11) is 3.52. The van der Waals surface area contributed by atoms with Gasteiger partial charge >= 0.3 is 0 Å². The molecule has 1 fully saturated rings. The summed E-state index contributed by atoms with van der Waals surface area (Å²) < 4.78 is 0. The fourth-order valence-corrected chi connectivity index (χ4v) is 1.57. The van der Waals surface area contributed by atoms with E-state index in [0.717, 1.165) is 12.8 Å². The molecule has 1 aliphatic rings. The van der Waals surface area contributed by atoms with Gasteiger partial charge in [0.1, 0.15) is 6.54 Å². The molecule has 17 heavy (non-hydrogen) atoms. The number of carbonyl (C=O) groups excluding carboxylic acids is 2. The van der Waals surface area contributed by atoms with Gasteiger partial charge < -0.3 is 20.9 Å². The maximum Gasteiger partial charge on any atom is 0.242 e. The second-order valence-corrected chi connectivity index (χ2v) is 4.22. The fraction of sp³-hybridized carbons (Fsp3) is 0.700. The van der Waals surface area contributed by atoms with E-state index in [-0.39, 0.29) is 18.5 Å². The zero-order valence-corrected chi connectivity index (χ0v) is 10.2. The van der Waals surface area contributed by atoms with Gasteiger partial charge in [0, 0.05) is 33.2 Å². The van der Waals surface area contributed by atoms with E-state index in [2.05, 4.69) is 10.3 Å². The molecule has 96 valence electrons. The smallest absolute Gasteiger partial charge is 0.242 e. The van der Waals surface area contributed by atoms with E-state index < -0.39 is 0 Å². The summed E-state index contributed by atoms with van der Waals surface area (Å²) in [6.45, 7) is 1.28. The molecule has 0 radical (unpaired) electrons. The van der Waals surface area contributed by atoms with Crippen LogP contribution in [0, 0.1) is 0 Å². The normalized spacial score (nSPS) is 20.2. The van der Waals surface area contributed by atoms with Crippen molar-refractivity contribution >= 4 is 18.3 Å². The molecule has 1 rings (SSSR count). The van der Waals surface area contributed by atoms with Crippen molar-refractivity contribution in [2.24, 2.45) is 10.7 Å². The van der Waals surface area contributed by atoms with Crippen LogP contribution in [0.5, 0.6) is 0 Å². The van der Waals surface area contributed by atoms with Gasteiger partial charge in [-0.2, -0.15) is 0 Å². The summed E-state index contributed by atoms with van der Waals surface area (Å²) in [5, 5.41) is 2.82. The predicted molar refractivity (Wildman–Crippen MR) is 64.4 cm³/mol. The third kappa shape index (κ3) is 4.29. The highest BCUT2D eigenvalue weighted by molar-refractivity contribution is 5.83. The van der Waals surface area contributed by atoms with Gasteiger partial charge in [-0.1, -0.05) is 0 Å². The average molecular weight is 241 g/mol. The van der Waals surface area contributed by atoms with Gasteiger partial charge in [-0.3, -0.25) is 9.59 Å². The molecule has 7 heteroatoms. The van der Waals surface area contributed by atoms with Gasteiger partial charge in [0.15, 0.2) is 5.96 Å². The first-order valence-corrected chi connectivity index (χ1v) is 5.49. The van der Waals surface area contributed by atoms with Gasteiger partial charge in [-0.25, -0.2) is 4.99 Å². The number of guanidine groups is 1. The molecule has 1 atom stereocenters. The van der Waals surface area contributed by atoms with Crippen LogP contribution in [-0.4, -0.2) is 67.8 Å². The van der Waals surface area contributed by atoms with Gasteiger partial charge in [-0.05, 0) is 6.42 Å². The van der Waals surface area contributed by atoms with Crippen LogP contribution in [0.3, 0.4) is 0 Å². The lowest BCUT2D eigenvalue weighted by molar-refractivity contribution is -0.121. The van der Waals surface area contributed by atoms with Crippen LogP contribution in [0.4, 0.5) is 0 Å². The van der Waals surface area contributed by atoms with Crippen LogP contribution in [0.2, 0.25) is 0 Å².